The second-order valence-corrected chi connectivity index (χ2v) is 6.27. The third kappa shape index (κ3) is 4.20. The van der Waals surface area contributed by atoms with Gasteiger partial charge in [0.05, 0.1) is 17.6 Å². The van der Waals surface area contributed by atoms with Crippen molar-refractivity contribution in [3.8, 4) is 5.69 Å². The van der Waals surface area contributed by atoms with Gasteiger partial charge in [0.15, 0.2) is 0 Å². The number of nitrogens with zero attached hydrogens (tertiary/aromatic N) is 3. The molecule has 0 aliphatic carbocycles. The standard InChI is InChI=1S/C22H19N3O2/c26-22(13-10-19-9-8-18-4-1-2-5-21(18)24-19)27-16-17-6-11-20(12-7-17)25-15-3-14-23-25/h1-9,11-12,14-15H,10,13,16H2. The van der Waals surface area contributed by atoms with Crippen LogP contribution in [0.25, 0.3) is 16.6 Å². The smallest absolute Gasteiger partial charge is 0.306 e. The molecule has 0 saturated heterocycles. The summed E-state index contributed by atoms with van der Waals surface area (Å²) in [5.74, 6) is -0.221. The van der Waals surface area contributed by atoms with Crippen LogP contribution in [0.15, 0.2) is 79.1 Å². The first-order valence-electron chi connectivity index (χ1n) is 8.87. The molecule has 0 saturated carbocycles. The van der Waals surface area contributed by atoms with E-state index in [2.05, 4.69) is 10.1 Å². The Hall–Kier alpha value is -3.47. The van der Waals surface area contributed by atoms with E-state index >= 15 is 0 Å². The van der Waals surface area contributed by atoms with Gasteiger partial charge < -0.3 is 4.74 Å². The molecule has 4 rings (SSSR count). The molecule has 2 heterocycles. The number of carbonyl (C=O) groups is 1. The number of rotatable bonds is 6. The molecule has 0 amide bonds. The summed E-state index contributed by atoms with van der Waals surface area (Å²) >= 11 is 0. The lowest BCUT2D eigenvalue weighted by Crippen LogP contribution is -2.06. The number of benzene rings is 2. The van der Waals surface area contributed by atoms with E-state index < -0.39 is 0 Å². The van der Waals surface area contributed by atoms with Crippen LogP contribution < -0.4 is 0 Å². The Kier molecular flexibility index (Phi) is 4.92. The maximum Gasteiger partial charge on any atom is 0.306 e. The van der Waals surface area contributed by atoms with Crippen molar-refractivity contribution >= 4 is 16.9 Å². The van der Waals surface area contributed by atoms with Crippen LogP contribution in [0.2, 0.25) is 0 Å². The van der Waals surface area contributed by atoms with Gasteiger partial charge in [-0.15, -0.1) is 0 Å². The van der Waals surface area contributed by atoms with Gasteiger partial charge in [0.2, 0.25) is 0 Å². The summed E-state index contributed by atoms with van der Waals surface area (Å²) in [6.07, 6.45) is 4.51. The van der Waals surface area contributed by atoms with E-state index in [9.17, 15) is 4.79 Å². The van der Waals surface area contributed by atoms with Crippen LogP contribution in [0.4, 0.5) is 0 Å². The van der Waals surface area contributed by atoms with Crippen molar-refractivity contribution in [1.29, 1.82) is 0 Å². The molecule has 0 radical (unpaired) electrons. The molecule has 0 spiro atoms. The third-order valence-corrected chi connectivity index (χ3v) is 4.35. The van der Waals surface area contributed by atoms with Gasteiger partial charge in [0, 0.05) is 29.9 Å². The molecule has 5 nitrogen and oxygen atoms in total. The summed E-state index contributed by atoms with van der Waals surface area (Å²) < 4.78 is 7.16. The average Bonchev–Trinajstić information content (AvgIpc) is 3.26. The second kappa shape index (κ2) is 7.83. The van der Waals surface area contributed by atoms with Crippen LogP contribution in [0.3, 0.4) is 0 Å². The van der Waals surface area contributed by atoms with Crippen molar-refractivity contribution in [2.75, 3.05) is 0 Å². The van der Waals surface area contributed by atoms with E-state index in [4.69, 9.17) is 4.74 Å². The summed E-state index contributed by atoms with van der Waals surface area (Å²) in [6.45, 7) is 0.267. The first kappa shape index (κ1) is 17.0. The molecule has 0 bridgehead atoms. The Morgan fingerprint density at radius 2 is 1.81 bits per heavy atom. The van der Waals surface area contributed by atoms with Crippen molar-refractivity contribution in [1.82, 2.24) is 14.8 Å². The largest absolute Gasteiger partial charge is 0.461 e. The molecule has 2 aromatic heterocycles. The monoisotopic (exact) mass is 357 g/mol. The molecule has 0 fully saturated rings. The number of hydrogen-bond acceptors (Lipinski definition) is 4. The molecule has 0 aliphatic heterocycles. The minimum atomic E-state index is -0.221. The first-order valence-corrected chi connectivity index (χ1v) is 8.87. The van der Waals surface area contributed by atoms with Crippen molar-refractivity contribution in [2.24, 2.45) is 0 Å². The van der Waals surface area contributed by atoms with Crippen molar-refractivity contribution in [3.63, 3.8) is 0 Å². The summed E-state index contributed by atoms with van der Waals surface area (Å²) in [5.41, 5.74) is 3.76. The number of pyridine rings is 1. The van der Waals surface area contributed by atoms with Crippen LogP contribution in [0.5, 0.6) is 0 Å². The van der Waals surface area contributed by atoms with E-state index in [1.165, 1.54) is 0 Å². The first-order chi connectivity index (χ1) is 13.3. The van der Waals surface area contributed by atoms with Gasteiger partial charge in [0.1, 0.15) is 6.61 Å². The predicted octanol–water partition coefficient (Wildman–Crippen LogP) is 4.10. The normalized spacial score (nSPS) is 10.8. The molecule has 134 valence electrons. The number of aromatic nitrogens is 3. The molecular formula is C22H19N3O2. The Morgan fingerprint density at radius 1 is 0.963 bits per heavy atom. The van der Waals surface area contributed by atoms with Crippen LogP contribution >= 0.6 is 0 Å². The van der Waals surface area contributed by atoms with Crippen molar-refractivity contribution in [3.05, 3.63) is 90.4 Å². The van der Waals surface area contributed by atoms with Gasteiger partial charge in [-0.1, -0.05) is 36.4 Å². The van der Waals surface area contributed by atoms with Crippen LogP contribution in [-0.4, -0.2) is 20.7 Å². The molecule has 5 heteroatoms. The zero-order valence-corrected chi connectivity index (χ0v) is 14.8. The molecule has 0 aliphatic rings. The van der Waals surface area contributed by atoms with E-state index in [1.807, 2.05) is 72.9 Å². The van der Waals surface area contributed by atoms with E-state index in [0.29, 0.717) is 12.8 Å². The third-order valence-electron chi connectivity index (χ3n) is 4.35. The summed E-state index contributed by atoms with van der Waals surface area (Å²) in [6, 6.07) is 21.6. The maximum absolute atomic E-state index is 12.0. The lowest BCUT2D eigenvalue weighted by atomic mass is 10.1. The Balaban J connectivity index is 1.29. The molecule has 0 unspecified atom stereocenters. The minimum absolute atomic E-state index is 0.221. The highest BCUT2D eigenvalue weighted by Gasteiger charge is 2.06. The molecule has 0 atom stereocenters. The number of hydrogen-bond donors (Lipinski definition) is 0. The number of ether oxygens (including phenoxy) is 1. The van der Waals surface area contributed by atoms with E-state index in [0.717, 1.165) is 27.8 Å². The number of aryl methyl sites for hydroxylation is 1. The molecule has 2 aromatic carbocycles. The summed E-state index contributed by atoms with van der Waals surface area (Å²) in [7, 11) is 0. The highest BCUT2D eigenvalue weighted by molar-refractivity contribution is 5.78. The fourth-order valence-electron chi connectivity index (χ4n) is 2.88. The predicted molar refractivity (Wildman–Crippen MR) is 103 cm³/mol. The number of fused-ring (bicyclic) bond motifs is 1. The lowest BCUT2D eigenvalue weighted by molar-refractivity contribution is -0.144. The van der Waals surface area contributed by atoms with Crippen molar-refractivity contribution < 1.29 is 9.53 Å². The molecule has 4 aromatic rings. The molecule has 27 heavy (non-hydrogen) atoms. The molecular weight excluding hydrogens is 338 g/mol. The zero-order valence-electron chi connectivity index (χ0n) is 14.8. The van der Waals surface area contributed by atoms with E-state index in [-0.39, 0.29) is 12.6 Å². The fourth-order valence-corrected chi connectivity index (χ4v) is 2.88. The summed E-state index contributed by atoms with van der Waals surface area (Å²) in [4.78, 5) is 16.6. The van der Waals surface area contributed by atoms with Gasteiger partial charge in [-0.05, 0) is 35.9 Å². The van der Waals surface area contributed by atoms with Crippen LogP contribution in [0.1, 0.15) is 17.7 Å². The number of esters is 1. The number of carbonyl (C=O) groups excluding carboxylic acids is 1. The van der Waals surface area contributed by atoms with Gasteiger partial charge >= 0.3 is 5.97 Å². The minimum Gasteiger partial charge on any atom is -0.461 e. The highest BCUT2D eigenvalue weighted by atomic mass is 16.5. The zero-order chi connectivity index (χ0) is 18.5. The Bertz CT molecular complexity index is 1040. The lowest BCUT2D eigenvalue weighted by Gasteiger charge is -2.07. The second-order valence-electron chi connectivity index (χ2n) is 6.27. The van der Waals surface area contributed by atoms with Crippen LogP contribution in [-0.2, 0) is 22.6 Å². The van der Waals surface area contributed by atoms with Gasteiger partial charge in [0.25, 0.3) is 0 Å². The van der Waals surface area contributed by atoms with Gasteiger partial charge in [-0.3, -0.25) is 9.78 Å². The quantitative estimate of drug-likeness (QED) is 0.488. The Labute approximate surface area is 157 Å². The maximum atomic E-state index is 12.0. The van der Waals surface area contributed by atoms with E-state index in [1.54, 1.807) is 10.9 Å². The average molecular weight is 357 g/mol. The van der Waals surface area contributed by atoms with Gasteiger partial charge in [-0.25, -0.2) is 4.68 Å². The van der Waals surface area contributed by atoms with Gasteiger partial charge in [-0.2, -0.15) is 5.10 Å². The summed E-state index contributed by atoms with van der Waals surface area (Å²) in [5, 5.41) is 5.29. The van der Waals surface area contributed by atoms with Crippen LogP contribution in [0, 0.1) is 0 Å². The highest BCUT2D eigenvalue weighted by Crippen LogP contribution is 2.13. The molecule has 0 N–H and O–H groups in total. The topological polar surface area (TPSA) is 57.0 Å². The van der Waals surface area contributed by atoms with Crippen molar-refractivity contribution in [2.45, 2.75) is 19.4 Å². The SMILES string of the molecule is O=C(CCc1ccc2ccccc2n1)OCc1ccc(-n2cccn2)cc1. The number of para-hydroxylation sites is 1. The fraction of sp³-hybridized carbons (Fsp3) is 0.136. The Morgan fingerprint density at radius 3 is 2.63 bits per heavy atom.